The molecule has 150 valence electrons. The monoisotopic (exact) mass is 527 g/mol. The first-order valence-electron chi connectivity index (χ1n) is 9.25. The normalized spacial score (nSPS) is 10.8. The zero-order chi connectivity index (χ0) is 21.3. The Morgan fingerprint density at radius 1 is 1.07 bits per heavy atom. The van der Waals surface area contributed by atoms with Crippen molar-refractivity contribution in [1.82, 2.24) is 10.3 Å². The van der Waals surface area contributed by atoms with Crippen molar-refractivity contribution in [3.05, 3.63) is 80.9 Å². The van der Waals surface area contributed by atoms with E-state index in [1.54, 1.807) is 12.1 Å². The topological polar surface area (TPSA) is 67.2 Å². The lowest BCUT2D eigenvalue weighted by atomic mass is 10.1. The van der Waals surface area contributed by atoms with Crippen LogP contribution < -0.4 is 10.6 Å². The van der Waals surface area contributed by atoms with Gasteiger partial charge in [-0.15, -0.1) is 0 Å². The Hall–Kier alpha value is -2.78. The van der Waals surface area contributed by atoms with Crippen molar-refractivity contribution in [2.75, 3.05) is 5.32 Å². The molecule has 1 amide bonds. The van der Waals surface area contributed by atoms with Crippen LogP contribution in [-0.2, 0) is 0 Å². The number of rotatable bonds is 3. The highest BCUT2D eigenvalue weighted by atomic mass is 127. The Balaban J connectivity index is 1.51. The molecule has 0 spiro atoms. The molecule has 1 heterocycles. The van der Waals surface area contributed by atoms with Crippen LogP contribution >= 0.6 is 34.8 Å². The van der Waals surface area contributed by atoms with Crippen LogP contribution in [0.4, 0.5) is 5.69 Å². The molecule has 4 aromatic rings. The quantitative estimate of drug-likeness (QED) is 0.259. The molecular weight excluding hydrogens is 509 g/mol. The Kier molecular flexibility index (Phi) is 5.83. The smallest absolute Gasteiger partial charge is 0.257 e. The molecule has 0 aliphatic rings. The molecule has 5 nitrogen and oxygen atoms in total. The maximum atomic E-state index is 12.4. The van der Waals surface area contributed by atoms with E-state index in [4.69, 9.17) is 16.6 Å². The summed E-state index contributed by atoms with van der Waals surface area (Å²) < 4.78 is 6.97. The minimum Gasteiger partial charge on any atom is -0.436 e. The lowest BCUT2D eigenvalue weighted by Gasteiger charge is -2.10. The second kappa shape index (κ2) is 8.53. The predicted molar refractivity (Wildman–Crippen MR) is 132 cm³/mol. The number of nitrogens with zero attached hydrogens (tertiary/aromatic N) is 1. The summed E-state index contributed by atoms with van der Waals surface area (Å²) in [6.45, 7) is 4.05. The van der Waals surface area contributed by atoms with E-state index in [2.05, 4.69) is 44.3 Å². The van der Waals surface area contributed by atoms with Crippen LogP contribution in [0.2, 0.25) is 0 Å². The van der Waals surface area contributed by atoms with E-state index in [0.29, 0.717) is 11.5 Å². The first-order chi connectivity index (χ1) is 14.4. The average molecular weight is 527 g/mol. The van der Waals surface area contributed by atoms with Crippen molar-refractivity contribution < 1.29 is 9.21 Å². The fraction of sp³-hybridized carbons (Fsp3) is 0.0870. The molecule has 7 heteroatoms. The Bertz CT molecular complexity index is 1280. The highest BCUT2D eigenvalue weighted by Gasteiger charge is 2.12. The molecule has 0 saturated carbocycles. The summed E-state index contributed by atoms with van der Waals surface area (Å²) in [5, 5.41) is 5.98. The molecule has 0 radical (unpaired) electrons. The molecule has 0 bridgehead atoms. The number of halogens is 1. The van der Waals surface area contributed by atoms with Crippen molar-refractivity contribution in [2.45, 2.75) is 13.8 Å². The van der Waals surface area contributed by atoms with E-state index in [1.807, 2.05) is 56.3 Å². The minimum absolute atomic E-state index is 0.222. The van der Waals surface area contributed by atoms with Gasteiger partial charge in [0.25, 0.3) is 5.91 Å². The number of fused-ring (bicyclic) bond motifs is 1. The van der Waals surface area contributed by atoms with Gasteiger partial charge in [-0.25, -0.2) is 4.98 Å². The summed E-state index contributed by atoms with van der Waals surface area (Å²) in [7, 11) is 0. The van der Waals surface area contributed by atoms with Crippen molar-refractivity contribution in [2.24, 2.45) is 0 Å². The standard InChI is InChI=1S/C23H18IN3O2S/c1-13-9-14(2)20-19(10-13)26-22(29-20)16-6-4-8-18(12-16)25-23(30)27-21(28)15-5-3-7-17(24)11-15/h3-12H,1-2H3,(H2,25,27,28,30). The van der Waals surface area contributed by atoms with Crippen LogP contribution in [0.25, 0.3) is 22.6 Å². The second-order valence-corrected chi connectivity index (χ2v) is 8.60. The largest absolute Gasteiger partial charge is 0.436 e. The van der Waals surface area contributed by atoms with Gasteiger partial charge in [0.15, 0.2) is 10.7 Å². The number of nitrogens with one attached hydrogen (secondary N) is 2. The number of hydrogen-bond acceptors (Lipinski definition) is 4. The van der Waals surface area contributed by atoms with Crippen LogP contribution in [-0.4, -0.2) is 16.0 Å². The van der Waals surface area contributed by atoms with Crippen LogP contribution in [0.3, 0.4) is 0 Å². The molecule has 1 aromatic heterocycles. The SMILES string of the molecule is Cc1cc(C)c2oc(-c3cccc(NC(=S)NC(=O)c4cccc(I)c4)c3)nc2c1. The fourth-order valence-electron chi connectivity index (χ4n) is 3.20. The fourth-order valence-corrected chi connectivity index (χ4v) is 3.95. The maximum Gasteiger partial charge on any atom is 0.257 e. The molecule has 0 atom stereocenters. The Morgan fingerprint density at radius 3 is 2.67 bits per heavy atom. The van der Waals surface area contributed by atoms with E-state index in [-0.39, 0.29) is 11.0 Å². The first kappa shape index (κ1) is 20.5. The van der Waals surface area contributed by atoms with Gasteiger partial charge in [0, 0.05) is 20.4 Å². The van der Waals surface area contributed by atoms with Crippen molar-refractivity contribution in [3.63, 3.8) is 0 Å². The number of anilines is 1. The molecule has 0 aliphatic heterocycles. The molecule has 2 N–H and O–H groups in total. The third-order valence-electron chi connectivity index (χ3n) is 4.50. The van der Waals surface area contributed by atoms with E-state index in [1.165, 1.54) is 0 Å². The highest BCUT2D eigenvalue weighted by molar-refractivity contribution is 14.1. The number of hydrogen-bond donors (Lipinski definition) is 2. The number of thiocarbonyl (C=S) groups is 1. The first-order valence-corrected chi connectivity index (χ1v) is 10.7. The van der Waals surface area contributed by atoms with E-state index in [0.717, 1.165) is 37.0 Å². The Morgan fingerprint density at radius 2 is 1.87 bits per heavy atom. The lowest BCUT2D eigenvalue weighted by molar-refractivity contribution is 0.0977. The number of aromatic nitrogens is 1. The number of benzene rings is 3. The zero-order valence-electron chi connectivity index (χ0n) is 16.3. The van der Waals surface area contributed by atoms with E-state index < -0.39 is 0 Å². The summed E-state index contributed by atoms with van der Waals surface area (Å²) in [5.41, 5.74) is 5.92. The Labute approximate surface area is 193 Å². The lowest BCUT2D eigenvalue weighted by Crippen LogP contribution is -2.34. The highest BCUT2D eigenvalue weighted by Crippen LogP contribution is 2.28. The van der Waals surface area contributed by atoms with Gasteiger partial charge in [-0.2, -0.15) is 0 Å². The predicted octanol–water partition coefficient (Wildman–Crippen LogP) is 5.84. The molecule has 30 heavy (non-hydrogen) atoms. The second-order valence-electron chi connectivity index (χ2n) is 6.95. The number of amides is 1. The number of oxazole rings is 1. The average Bonchev–Trinajstić information content (AvgIpc) is 3.12. The summed E-state index contributed by atoms with van der Waals surface area (Å²) in [5.74, 6) is 0.281. The van der Waals surface area contributed by atoms with Crippen LogP contribution in [0.5, 0.6) is 0 Å². The van der Waals surface area contributed by atoms with Gasteiger partial charge in [-0.3, -0.25) is 10.1 Å². The summed E-state index contributed by atoms with van der Waals surface area (Å²) in [4.78, 5) is 17.0. The van der Waals surface area contributed by atoms with E-state index >= 15 is 0 Å². The summed E-state index contributed by atoms with van der Waals surface area (Å²) in [6, 6.07) is 18.9. The molecule has 0 saturated heterocycles. The third kappa shape index (κ3) is 4.52. The zero-order valence-corrected chi connectivity index (χ0v) is 19.3. The van der Waals surface area contributed by atoms with Crippen molar-refractivity contribution in [3.8, 4) is 11.5 Å². The maximum absolute atomic E-state index is 12.4. The van der Waals surface area contributed by atoms with Gasteiger partial charge < -0.3 is 9.73 Å². The molecule has 0 unspecified atom stereocenters. The molecule has 4 rings (SSSR count). The molecular formula is C23H18IN3O2S. The molecule has 0 fully saturated rings. The van der Waals surface area contributed by atoms with Crippen LogP contribution in [0.1, 0.15) is 21.5 Å². The van der Waals surface area contributed by atoms with Gasteiger partial charge in [-0.1, -0.05) is 18.2 Å². The van der Waals surface area contributed by atoms with E-state index in [9.17, 15) is 4.79 Å². The van der Waals surface area contributed by atoms with Crippen LogP contribution in [0, 0.1) is 17.4 Å². The van der Waals surface area contributed by atoms with Gasteiger partial charge in [0.05, 0.1) is 0 Å². The van der Waals surface area contributed by atoms with Crippen molar-refractivity contribution >= 4 is 62.6 Å². The molecule has 3 aromatic carbocycles. The van der Waals surface area contributed by atoms with Crippen molar-refractivity contribution in [1.29, 1.82) is 0 Å². The summed E-state index contributed by atoms with van der Waals surface area (Å²) >= 11 is 7.47. The summed E-state index contributed by atoms with van der Waals surface area (Å²) in [6.07, 6.45) is 0. The van der Waals surface area contributed by atoms with Crippen LogP contribution in [0.15, 0.2) is 65.1 Å². The van der Waals surface area contributed by atoms with Gasteiger partial charge >= 0.3 is 0 Å². The number of carbonyl (C=O) groups excluding carboxylic acids is 1. The molecule has 0 aliphatic carbocycles. The third-order valence-corrected chi connectivity index (χ3v) is 5.38. The van der Waals surface area contributed by atoms with Gasteiger partial charge in [0.1, 0.15) is 5.52 Å². The van der Waals surface area contributed by atoms with Gasteiger partial charge in [0.2, 0.25) is 5.89 Å². The number of carbonyl (C=O) groups is 1. The van der Waals surface area contributed by atoms with Gasteiger partial charge in [-0.05, 0) is 102 Å². The number of aryl methyl sites for hydroxylation is 2. The minimum atomic E-state index is -0.257.